The predicted molar refractivity (Wildman–Crippen MR) is 119 cm³/mol. The van der Waals surface area contributed by atoms with E-state index < -0.39 is 0 Å². The Bertz CT molecular complexity index is 997. The van der Waals surface area contributed by atoms with Gasteiger partial charge in [0, 0.05) is 12.1 Å². The summed E-state index contributed by atoms with van der Waals surface area (Å²) < 4.78 is 1.98. The van der Waals surface area contributed by atoms with Crippen LogP contribution >= 0.6 is 11.8 Å². The number of carbonyl (C=O) groups is 1. The SMILES string of the molecule is C=CCn1c(SCC(=O)N[C@@H](C)c2ccc(C)c(C)c2)nnc1-c1ccccc1. The Morgan fingerprint density at radius 1 is 1.17 bits per heavy atom. The molecule has 6 heteroatoms. The molecule has 0 saturated heterocycles. The predicted octanol–water partition coefficient (Wildman–Crippen LogP) is 4.72. The van der Waals surface area contributed by atoms with Gasteiger partial charge < -0.3 is 5.32 Å². The van der Waals surface area contributed by atoms with Crippen LogP contribution in [-0.4, -0.2) is 26.4 Å². The Hall–Kier alpha value is -2.86. The molecule has 2 aromatic carbocycles. The van der Waals surface area contributed by atoms with Gasteiger partial charge in [0.2, 0.25) is 5.91 Å². The van der Waals surface area contributed by atoms with Gasteiger partial charge in [-0.05, 0) is 37.5 Å². The molecule has 29 heavy (non-hydrogen) atoms. The van der Waals surface area contributed by atoms with Crippen molar-refractivity contribution in [3.05, 3.63) is 77.9 Å². The molecule has 0 saturated carbocycles. The maximum absolute atomic E-state index is 12.5. The fourth-order valence-electron chi connectivity index (χ4n) is 3.02. The van der Waals surface area contributed by atoms with Crippen LogP contribution in [0.1, 0.15) is 29.7 Å². The molecule has 0 aliphatic carbocycles. The summed E-state index contributed by atoms with van der Waals surface area (Å²) in [7, 11) is 0. The van der Waals surface area contributed by atoms with Crippen LogP contribution in [0.2, 0.25) is 0 Å². The third-order valence-corrected chi connectivity index (χ3v) is 5.77. The number of aryl methyl sites for hydroxylation is 2. The van der Waals surface area contributed by atoms with Crippen molar-refractivity contribution in [3.8, 4) is 11.4 Å². The van der Waals surface area contributed by atoms with Gasteiger partial charge in [-0.3, -0.25) is 9.36 Å². The Morgan fingerprint density at radius 2 is 1.93 bits per heavy atom. The van der Waals surface area contributed by atoms with Crippen molar-refractivity contribution in [3.63, 3.8) is 0 Å². The normalized spacial score (nSPS) is 11.8. The number of nitrogens with one attached hydrogen (secondary N) is 1. The standard InChI is InChI=1S/C23H26N4OS/c1-5-13-27-22(19-9-7-6-8-10-19)25-26-23(27)29-15-21(28)24-18(4)20-12-11-16(2)17(3)14-20/h5-12,14,18H,1,13,15H2,2-4H3,(H,24,28)/t18-/m0/s1. The molecule has 0 unspecified atom stereocenters. The van der Waals surface area contributed by atoms with Gasteiger partial charge in [-0.15, -0.1) is 16.8 Å². The molecule has 3 rings (SSSR count). The van der Waals surface area contributed by atoms with Crippen molar-refractivity contribution in [1.29, 1.82) is 0 Å². The summed E-state index contributed by atoms with van der Waals surface area (Å²) in [6, 6.07) is 16.1. The van der Waals surface area contributed by atoms with Gasteiger partial charge in [0.15, 0.2) is 11.0 Å². The minimum atomic E-state index is -0.0478. The molecule has 1 aromatic heterocycles. The zero-order valence-corrected chi connectivity index (χ0v) is 17.9. The first kappa shape index (κ1) is 20.9. The van der Waals surface area contributed by atoms with E-state index in [9.17, 15) is 4.79 Å². The third-order valence-electron chi connectivity index (χ3n) is 4.80. The van der Waals surface area contributed by atoms with E-state index in [4.69, 9.17) is 0 Å². The maximum atomic E-state index is 12.5. The second-order valence-electron chi connectivity index (χ2n) is 6.99. The first-order chi connectivity index (χ1) is 14.0. The van der Waals surface area contributed by atoms with Crippen LogP contribution in [0, 0.1) is 13.8 Å². The molecule has 0 fully saturated rings. The zero-order valence-electron chi connectivity index (χ0n) is 17.1. The third kappa shape index (κ3) is 5.15. The molecule has 0 spiro atoms. The molecule has 0 aliphatic rings. The lowest BCUT2D eigenvalue weighted by Crippen LogP contribution is -2.28. The van der Waals surface area contributed by atoms with Crippen LogP contribution in [0.15, 0.2) is 66.3 Å². The molecule has 1 amide bonds. The van der Waals surface area contributed by atoms with Gasteiger partial charge in [-0.1, -0.05) is 66.4 Å². The average molecular weight is 407 g/mol. The van der Waals surface area contributed by atoms with Crippen molar-refractivity contribution >= 4 is 17.7 Å². The summed E-state index contributed by atoms with van der Waals surface area (Å²) in [5, 5.41) is 12.4. The van der Waals surface area contributed by atoms with Crippen LogP contribution in [0.4, 0.5) is 0 Å². The first-order valence-corrected chi connectivity index (χ1v) is 10.6. The van der Waals surface area contributed by atoms with Crippen molar-refractivity contribution in [2.24, 2.45) is 0 Å². The highest BCUT2D eigenvalue weighted by molar-refractivity contribution is 7.99. The fourth-order valence-corrected chi connectivity index (χ4v) is 3.78. The van der Waals surface area contributed by atoms with Crippen molar-refractivity contribution in [2.75, 3.05) is 5.75 Å². The van der Waals surface area contributed by atoms with Gasteiger partial charge in [-0.2, -0.15) is 0 Å². The summed E-state index contributed by atoms with van der Waals surface area (Å²) in [6.45, 7) is 10.6. The summed E-state index contributed by atoms with van der Waals surface area (Å²) in [5.74, 6) is 1.02. The molecule has 0 aliphatic heterocycles. The number of rotatable bonds is 8. The van der Waals surface area contributed by atoms with Gasteiger partial charge in [0.25, 0.3) is 0 Å². The lowest BCUT2D eigenvalue weighted by molar-refractivity contribution is -0.119. The minimum absolute atomic E-state index is 0.0323. The monoisotopic (exact) mass is 406 g/mol. The molecule has 0 radical (unpaired) electrons. The Balaban J connectivity index is 1.66. The Labute approximate surface area is 176 Å². The maximum Gasteiger partial charge on any atom is 0.230 e. The number of aromatic nitrogens is 3. The number of nitrogens with zero attached hydrogens (tertiary/aromatic N) is 3. The molecule has 5 nitrogen and oxygen atoms in total. The van der Waals surface area contributed by atoms with Crippen molar-refractivity contribution in [2.45, 2.75) is 38.5 Å². The van der Waals surface area contributed by atoms with E-state index in [1.807, 2.05) is 47.9 Å². The number of thioether (sulfide) groups is 1. The summed E-state index contributed by atoms with van der Waals surface area (Å²) in [4.78, 5) is 12.5. The van der Waals surface area contributed by atoms with Crippen LogP contribution in [0.25, 0.3) is 11.4 Å². The second-order valence-corrected chi connectivity index (χ2v) is 7.94. The number of hydrogen-bond donors (Lipinski definition) is 1. The molecule has 3 aromatic rings. The van der Waals surface area contributed by atoms with E-state index in [2.05, 4.69) is 54.1 Å². The topological polar surface area (TPSA) is 59.8 Å². The lowest BCUT2D eigenvalue weighted by Gasteiger charge is -2.15. The van der Waals surface area contributed by atoms with Gasteiger partial charge in [-0.25, -0.2) is 0 Å². The summed E-state index contributed by atoms with van der Waals surface area (Å²) in [6.07, 6.45) is 1.81. The molecular formula is C23H26N4OS. The van der Waals surface area contributed by atoms with Gasteiger partial charge in [0.1, 0.15) is 0 Å². The fraction of sp³-hybridized carbons (Fsp3) is 0.261. The smallest absolute Gasteiger partial charge is 0.230 e. The number of amides is 1. The quantitative estimate of drug-likeness (QED) is 0.434. The molecule has 1 N–H and O–H groups in total. The van der Waals surface area contributed by atoms with Gasteiger partial charge >= 0.3 is 0 Å². The van der Waals surface area contributed by atoms with Crippen molar-refractivity contribution in [1.82, 2.24) is 20.1 Å². The highest BCUT2D eigenvalue weighted by Gasteiger charge is 2.16. The van der Waals surface area contributed by atoms with E-state index in [1.54, 1.807) is 0 Å². The van der Waals surface area contributed by atoms with Crippen LogP contribution in [0.3, 0.4) is 0 Å². The lowest BCUT2D eigenvalue weighted by atomic mass is 10.0. The number of hydrogen-bond acceptors (Lipinski definition) is 4. The minimum Gasteiger partial charge on any atom is -0.349 e. The van der Waals surface area contributed by atoms with E-state index in [1.165, 1.54) is 22.9 Å². The molecule has 150 valence electrons. The molecule has 1 atom stereocenters. The Morgan fingerprint density at radius 3 is 2.62 bits per heavy atom. The highest BCUT2D eigenvalue weighted by atomic mass is 32.2. The van der Waals surface area contributed by atoms with Crippen LogP contribution in [-0.2, 0) is 11.3 Å². The highest BCUT2D eigenvalue weighted by Crippen LogP contribution is 2.24. The van der Waals surface area contributed by atoms with E-state index >= 15 is 0 Å². The van der Waals surface area contributed by atoms with E-state index in [0.717, 1.165) is 17.0 Å². The van der Waals surface area contributed by atoms with Gasteiger partial charge in [0.05, 0.1) is 11.8 Å². The zero-order chi connectivity index (χ0) is 20.8. The van der Waals surface area contributed by atoms with Crippen molar-refractivity contribution < 1.29 is 4.79 Å². The number of carbonyl (C=O) groups excluding carboxylic acids is 1. The largest absolute Gasteiger partial charge is 0.349 e. The summed E-state index contributed by atoms with van der Waals surface area (Å²) >= 11 is 1.38. The van der Waals surface area contributed by atoms with Crippen LogP contribution in [0.5, 0.6) is 0 Å². The first-order valence-electron chi connectivity index (χ1n) is 9.58. The van der Waals surface area contributed by atoms with Crippen LogP contribution < -0.4 is 5.32 Å². The Kier molecular flexibility index (Phi) is 6.88. The average Bonchev–Trinajstić information content (AvgIpc) is 3.12. The number of allylic oxidation sites excluding steroid dienone is 1. The molecule has 1 heterocycles. The second kappa shape index (κ2) is 9.56. The summed E-state index contributed by atoms with van der Waals surface area (Å²) in [5.41, 5.74) is 4.57. The molecular weight excluding hydrogens is 380 g/mol. The van der Waals surface area contributed by atoms with E-state index in [0.29, 0.717) is 11.7 Å². The van der Waals surface area contributed by atoms with E-state index in [-0.39, 0.29) is 17.7 Å². The molecule has 0 bridgehead atoms. The number of benzene rings is 2.